The van der Waals surface area contributed by atoms with Crippen LogP contribution in [-0.2, 0) is 12.8 Å². The van der Waals surface area contributed by atoms with Crippen LogP contribution >= 0.6 is 11.6 Å². The summed E-state index contributed by atoms with van der Waals surface area (Å²) in [4.78, 5) is 23.5. The molecular weight excluding hydrogens is 376 g/mol. The second-order valence-corrected chi connectivity index (χ2v) is 6.78. The summed E-state index contributed by atoms with van der Waals surface area (Å²) in [6.07, 6.45) is 1.30. The highest BCUT2D eigenvalue weighted by Crippen LogP contribution is 2.28. The van der Waals surface area contributed by atoms with Crippen LogP contribution in [0.25, 0.3) is 11.1 Å². The minimum absolute atomic E-state index is 0.331. The highest BCUT2D eigenvalue weighted by molar-refractivity contribution is 6.30. The fraction of sp³-hybridized carbons (Fsp3) is 0.0909. The van der Waals surface area contributed by atoms with E-state index in [0.717, 1.165) is 22.3 Å². The Morgan fingerprint density at radius 3 is 2.32 bits per heavy atom. The number of benzene rings is 3. The van der Waals surface area contributed by atoms with Gasteiger partial charge in [-0.2, -0.15) is 0 Å². The largest absolute Gasteiger partial charge is 0.366 e. The zero-order chi connectivity index (χ0) is 20.1. The first-order valence-electron chi connectivity index (χ1n) is 8.70. The molecule has 0 saturated carbocycles. The third kappa shape index (κ3) is 4.39. The van der Waals surface area contributed by atoms with Crippen molar-refractivity contribution in [3.05, 3.63) is 94.0 Å². The van der Waals surface area contributed by atoms with E-state index in [0.29, 0.717) is 29.0 Å². The maximum atomic E-state index is 12.0. The van der Waals surface area contributed by atoms with E-state index in [-0.39, 0.29) is 0 Å². The van der Waals surface area contributed by atoms with Crippen LogP contribution < -0.4 is 11.2 Å². The van der Waals surface area contributed by atoms with Gasteiger partial charge in [-0.05, 0) is 65.4 Å². The molecule has 0 aliphatic heterocycles. The fourth-order valence-corrected chi connectivity index (χ4v) is 3.40. The summed E-state index contributed by atoms with van der Waals surface area (Å²) >= 11 is 6.06. The molecule has 0 aliphatic carbocycles. The lowest BCUT2D eigenvalue weighted by molar-refractivity contribution is 0.0706. The third-order valence-electron chi connectivity index (χ3n) is 4.55. The van der Waals surface area contributed by atoms with E-state index < -0.39 is 11.8 Å². The lowest BCUT2D eigenvalue weighted by Crippen LogP contribution is -2.18. The number of hydrogen-bond acceptors (Lipinski definition) is 3. The van der Waals surface area contributed by atoms with Crippen LogP contribution in [0.4, 0.5) is 0 Å². The van der Waals surface area contributed by atoms with Gasteiger partial charge in [0, 0.05) is 16.1 Å². The summed E-state index contributed by atoms with van der Waals surface area (Å²) in [5.74, 6) is -1.07. The Morgan fingerprint density at radius 1 is 0.964 bits per heavy atom. The van der Waals surface area contributed by atoms with Gasteiger partial charge in [0.1, 0.15) is 0 Å². The summed E-state index contributed by atoms with van der Waals surface area (Å²) in [6, 6.07) is 19.8. The van der Waals surface area contributed by atoms with Crippen molar-refractivity contribution < 1.29 is 14.8 Å². The number of nitrogens with one attached hydrogen (secondary N) is 1. The summed E-state index contributed by atoms with van der Waals surface area (Å²) in [7, 11) is 0. The first-order valence-corrected chi connectivity index (χ1v) is 9.08. The molecule has 3 aromatic carbocycles. The van der Waals surface area contributed by atoms with Gasteiger partial charge in [0.2, 0.25) is 5.91 Å². The number of hydrogen-bond donors (Lipinski definition) is 3. The second kappa shape index (κ2) is 8.69. The molecule has 0 radical (unpaired) electrons. The van der Waals surface area contributed by atoms with E-state index in [2.05, 4.69) is 0 Å². The lowest BCUT2D eigenvalue weighted by Gasteiger charge is -2.14. The Morgan fingerprint density at radius 2 is 1.68 bits per heavy atom. The van der Waals surface area contributed by atoms with Gasteiger partial charge in [-0.1, -0.05) is 48.0 Å². The Bertz CT molecular complexity index is 1020. The molecule has 4 N–H and O–H groups in total. The fourth-order valence-electron chi connectivity index (χ4n) is 3.18. The smallest absolute Gasteiger partial charge is 0.274 e. The molecule has 0 heterocycles. The molecule has 142 valence electrons. The lowest BCUT2D eigenvalue weighted by atomic mass is 9.90. The molecule has 0 aliphatic rings. The van der Waals surface area contributed by atoms with Gasteiger partial charge in [-0.25, -0.2) is 5.48 Å². The van der Waals surface area contributed by atoms with Crippen LogP contribution in [0.15, 0.2) is 66.7 Å². The molecule has 3 aromatic rings. The molecule has 0 spiro atoms. The maximum Gasteiger partial charge on any atom is 0.274 e. The monoisotopic (exact) mass is 394 g/mol. The minimum atomic E-state index is -0.585. The normalized spacial score (nSPS) is 10.5. The van der Waals surface area contributed by atoms with Gasteiger partial charge in [-0.15, -0.1) is 0 Å². The van der Waals surface area contributed by atoms with E-state index in [1.807, 2.05) is 30.3 Å². The Kier molecular flexibility index (Phi) is 6.09. The number of aryl methyl sites for hydroxylation is 1. The number of halogens is 1. The van der Waals surface area contributed by atoms with E-state index >= 15 is 0 Å². The molecule has 3 rings (SSSR count). The average molecular weight is 395 g/mol. The minimum Gasteiger partial charge on any atom is -0.366 e. The van der Waals surface area contributed by atoms with Crippen molar-refractivity contribution in [2.24, 2.45) is 5.73 Å². The van der Waals surface area contributed by atoms with E-state index in [1.165, 1.54) is 0 Å². The zero-order valence-electron chi connectivity index (χ0n) is 15.0. The molecule has 6 heteroatoms. The Labute approximate surface area is 167 Å². The van der Waals surface area contributed by atoms with Gasteiger partial charge >= 0.3 is 0 Å². The number of primary amides is 1. The number of nitrogens with two attached hydrogens (primary N) is 1. The second-order valence-electron chi connectivity index (χ2n) is 6.34. The van der Waals surface area contributed by atoms with E-state index in [9.17, 15) is 9.59 Å². The summed E-state index contributed by atoms with van der Waals surface area (Å²) in [6.45, 7) is 0. The van der Waals surface area contributed by atoms with Crippen LogP contribution in [0.3, 0.4) is 0 Å². The Balaban J connectivity index is 1.98. The molecule has 0 atom stereocenters. The van der Waals surface area contributed by atoms with Gasteiger partial charge in [0.25, 0.3) is 5.91 Å². The standard InChI is InChI=1S/C22H19ClN2O3/c23-17-4-1-3-14(13-17)7-12-19-18(5-2-6-20(19)21(24)26)15-8-10-16(11-9-15)22(27)25-28/h1-6,8-11,13,28H,7,12H2,(H2,24,26)(H,25,27). The van der Waals surface area contributed by atoms with Crippen molar-refractivity contribution in [2.75, 3.05) is 0 Å². The molecule has 0 aromatic heterocycles. The first kappa shape index (κ1) is 19.6. The average Bonchev–Trinajstić information content (AvgIpc) is 2.71. The van der Waals surface area contributed by atoms with Crippen LogP contribution in [0.2, 0.25) is 5.02 Å². The predicted molar refractivity (Wildman–Crippen MR) is 109 cm³/mol. The van der Waals surface area contributed by atoms with Crippen LogP contribution in [0.5, 0.6) is 0 Å². The van der Waals surface area contributed by atoms with E-state index in [1.54, 1.807) is 41.9 Å². The number of carbonyl (C=O) groups is 2. The van der Waals surface area contributed by atoms with Crippen molar-refractivity contribution in [2.45, 2.75) is 12.8 Å². The van der Waals surface area contributed by atoms with Crippen molar-refractivity contribution >= 4 is 23.4 Å². The summed E-state index contributed by atoms with van der Waals surface area (Å²) in [5.41, 5.74) is 11.6. The molecule has 0 fully saturated rings. The molecule has 2 amide bonds. The first-order chi connectivity index (χ1) is 13.5. The SMILES string of the molecule is NC(=O)c1cccc(-c2ccc(C(=O)NO)cc2)c1CCc1cccc(Cl)c1. The van der Waals surface area contributed by atoms with Gasteiger partial charge < -0.3 is 5.73 Å². The van der Waals surface area contributed by atoms with Crippen LogP contribution in [0.1, 0.15) is 31.8 Å². The number of hydroxylamine groups is 1. The number of carbonyl (C=O) groups excluding carboxylic acids is 2. The van der Waals surface area contributed by atoms with Gasteiger partial charge in [0.15, 0.2) is 0 Å². The highest BCUT2D eigenvalue weighted by Gasteiger charge is 2.15. The van der Waals surface area contributed by atoms with E-state index in [4.69, 9.17) is 22.5 Å². The van der Waals surface area contributed by atoms with Crippen molar-refractivity contribution in [1.82, 2.24) is 5.48 Å². The predicted octanol–water partition coefficient (Wildman–Crippen LogP) is 4.01. The highest BCUT2D eigenvalue weighted by atomic mass is 35.5. The molecular formula is C22H19ClN2O3. The van der Waals surface area contributed by atoms with Gasteiger partial charge in [0.05, 0.1) is 0 Å². The molecule has 0 bridgehead atoms. The zero-order valence-corrected chi connectivity index (χ0v) is 15.7. The van der Waals surface area contributed by atoms with Crippen molar-refractivity contribution in [3.63, 3.8) is 0 Å². The molecule has 0 unspecified atom stereocenters. The van der Waals surface area contributed by atoms with Crippen molar-refractivity contribution in [1.29, 1.82) is 0 Å². The van der Waals surface area contributed by atoms with Crippen LogP contribution in [-0.4, -0.2) is 17.0 Å². The topological polar surface area (TPSA) is 92.4 Å². The maximum absolute atomic E-state index is 12.0. The molecule has 28 heavy (non-hydrogen) atoms. The van der Waals surface area contributed by atoms with Gasteiger partial charge in [-0.3, -0.25) is 14.8 Å². The van der Waals surface area contributed by atoms with Crippen molar-refractivity contribution in [3.8, 4) is 11.1 Å². The summed E-state index contributed by atoms with van der Waals surface area (Å²) in [5, 5.41) is 9.42. The quantitative estimate of drug-likeness (QED) is 0.435. The summed E-state index contributed by atoms with van der Waals surface area (Å²) < 4.78 is 0. The van der Waals surface area contributed by atoms with Crippen LogP contribution in [0, 0.1) is 0 Å². The Hall–Kier alpha value is -3.15. The molecule has 0 saturated heterocycles. The third-order valence-corrected chi connectivity index (χ3v) is 4.79. The number of amides is 2. The number of rotatable bonds is 6. The molecule has 5 nitrogen and oxygen atoms in total.